The van der Waals surface area contributed by atoms with Gasteiger partial charge in [-0.3, -0.25) is 0 Å². The van der Waals surface area contributed by atoms with Crippen LogP contribution >= 0.6 is 0 Å². The predicted molar refractivity (Wildman–Crippen MR) is 79.9 cm³/mol. The monoisotopic (exact) mass is 287 g/mol. The fourth-order valence-corrected chi connectivity index (χ4v) is 2.00. The van der Waals surface area contributed by atoms with Crippen LogP contribution in [0.25, 0.3) is 0 Å². The lowest BCUT2D eigenvalue weighted by molar-refractivity contribution is -0.139. The van der Waals surface area contributed by atoms with E-state index in [1.54, 1.807) is 0 Å². The zero-order valence-corrected chi connectivity index (χ0v) is 13.1. The summed E-state index contributed by atoms with van der Waals surface area (Å²) in [6.45, 7) is 10.7. The molecular weight excluding hydrogens is 258 g/mol. The summed E-state index contributed by atoms with van der Waals surface area (Å²) < 4.78 is 0. The second kappa shape index (κ2) is 10.5. The van der Waals surface area contributed by atoms with Gasteiger partial charge in [0, 0.05) is 12.6 Å². The SMILES string of the molecule is CCCC[C@H](NC(=O)NC(C)CN(CC)CC)C(=O)O. The number of hydrogen-bond donors (Lipinski definition) is 3. The van der Waals surface area contributed by atoms with Crippen LogP contribution in [0.4, 0.5) is 4.79 Å². The highest BCUT2D eigenvalue weighted by molar-refractivity contribution is 5.82. The Morgan fingerprint density at radius 2 is 1.75 bits per heavy atom. The molecule has 2 atom stereocenters. The molecule has 0 saturated heterocycles. The fraction of sp³-hybridized carbons (Fsp3) is 0.857. The summed E-state index contributed by atoms with van der Waals surface area (Å²) in [5.74, 6) is -0.981. The lowest BCUT2D eigenvalue weighted by Crippen LogP contribution is -2.50. The summed E-state index contributed by atoms with van der Waals surface area (Å²) in [5, 5.41) is 14.4. The van der Waals surface area contributed by atoms with E-state index in [1.165, 1.54) is 0 Å². The Bertz CT molecular complexity index is 293. The van der Waals surface area contributed by atoms with Gasteiger partial charge in [0.25, 0.3) is 0 Å². The third kappa shape index (κ3) is 7.99. The number of carboxylic acid groups (broad SMARTS) is 1. The van der Waals surface area contributed by atoms with Crippen molar-refractivity contribution in [3.05, 3.63) is 0 Å². The summed E-state index contributed by atoms with van der Waals surface area (Å²) in [6, 6.07) is -1.24. The van der Waals surface area contributed by atoms with Gasteiger partial charge in [-0.1, -0.05) is 33.6 Å². The number of nitrogens with one attached hydrogen (secondary N) is 2. The third-order valence-corrected chi connectivity index (χ3v) is 3.25. The number of urea groups is 1. The summed E-state index contributed by atoms with van der Waals surface area (Å²) in [7, 11) is 0. The van der Waals surface area contributed by atoms with Crippen molar-refractivity contribution < 1.29 is 14.7 Å². The van der Waals surface area contributed by atoms with E-state index in [-0.39, 0.29) is 6.04 Å². The molecule has 0 aromatic rings. The second-order valence-electron chi connectivity index (χ2n) is 5.04. The van der Waals surface area contributed by atoms with E-state index < -0.39 is 18.0 Å². The normalized spacial score (nSPS) is 13.8. The van der Waals surface area contributed by atoms with Crippen molar-refractivity contribution in [2.24, 2.45) is 0 Å². The largest absolute Gasteiger partial charge is 0.480 e. The number of aliphatic carboxylic acids is 1. The van der Waals surface area contributed by atoms with Crippen molar-refractivity contribution >= 4 is 12.0 Å². The Balaban J connectivity index is 4.20. The van der Waals surface area contributed by atoms with Gasteiger partial charge >= 0.3 is 12.0 Å². The first-order chi connectivity index (χ1) is 9.44. The molecule has 0 saturated carbocycles. The van der Waals surface area contributed by atoms with Crippen molar-refractivity contribution in [3.8, 4) is 0 Å². The predicted octanol–water partition coefficient (Wildman–Crippen LogP) is 1.66. The molecule has 0 aliphatic rings. The van der Waals surface area contributed by atoms with Crippen LogP contribution in [0.2, 0.25) is 0 Å². The Morgan fingerprint density at radius 3 is 2.20 bits per heavy atom. The van der Waals surface area contributed by atoms with E-state index in [2.05, 4.69) is 29.4 Å². The minimum Gasteiger partial charge on any atom is -0.480 e. The van der Waals surface area contributed by atoms with Gasteiger partial charge in [-0.2, -0.15) is 0 Å². The van der Waals surface area contributed by atoms with Crippen LogP contribution in [-0.4, -0.2) is 53.7 Å². The molecule has 0 fully saturated rings. The van der Waals surface area contributed by atoms with Crippen molar-refractivity contribution in [1.82, 2.24) is 15.5 Å². The number of carbonyl (C=O) groups is 2. The molecule has 0 aromatic heterocycles. The van der Waals surface area contributed by atoms with E-state index in [4.69, 9.17) is 5.11 Å². The summed E-state index contributed by atoms with van der Waals surface area (Å²) in [4.78, 5) is 25.0. The van der Waals surface area contributed by atoms with Crippen LogP contribution < -0.4 is 10.6 Å². The Kier molecular flexibility index (Phi) is 9.80. The standard InChI is InChI=1S/C14H29N3O3/c1-5-8-9-12(13(18)19)16-14(20)15-11(4)10-17(6-2)7-3/h11-12H,5-10H2,1-4H3,(H,18,19)(H2,15,16,20)/t11?,12-/m0/s1. The average molecular weight is 287 g/mol. The van der Waals surface area contributed by atoms with Crippen LogP contribution in [-0.2, 0) is 4.79 Å². The van der Waals surface area contributed by atoms with E-state index >= 15 is 0 Å². The van der Waals surface area contributed by atoms with E-state index in [0.29, 0.717) is 6.42 Å². The lowest BCUT2D eigenvalue weighted by Gasteiger charge is -2.24. The highest BCUT2D eigenvalue weighted by Gasteiger charge is 2.20. The summed E-state index contributed by atoms with van der Waals surface area (Å²) >= 11 is 0. The van der Waals surface area contributed by atoms with E-state index in [1.807, 2.05) is 13.8 Å². The van der Waals surface area contributed by atoms with Crippen molar-refractivity contribution in [2.45, 2.75) is 59.0 Å². The summed E-state index contributed by atoms with van der Waals surface area (Å²) in [6.07, 6.45) is 2.15. The van der Waals surface area contributed by atoms with E-state index in [9.17, 15) is 9.59 Å². The Labute approximate surface area is 121 Å². The number of carbonyl (C=O) groups excluding carboxylic acids is 1. The van der Waals surface area contributed by atoms with Crippen LogP contribution in [0, 0.1) is 0 Å². The van der Waals surface area contributed by atoms with Crippen LogP contribution in [0.1, 0.15) is 47.0 Å². The highest BCUT2D eigenvalue weighted by Crippen LogP contribution is 2.01. The molecule has 0 rings (SSSR count). The molecule has 0 aromatic carbocycles. The Morgan fingerprint density at radius 1 is 1.15 bits per heavy atom. The molecule has 0 bridgehead atoms. The van der Waals surface area contributed by atoms with E-state index in [0.717, 1.165) is 32.5 Å². The first-order valence-corrected chi connectivity index (χ1v) is 7.46. The fourth-order valence-electron chi connectivity index (χ4n) is 2.00. The molecule has 6 heteroatoms. The first-order valence-electron chi connectivity index (χ1n) is 7.46. The van der Waals surface area contributed by atoms with Gasteiger partial charge in [-0.15, -0.1) is 0 Å². The van der Waals surface area contributed by atoms with Gasteiger partial charge in [0.1, 0.15) is 6.04 Å². The zero-order chi connectivity index (χ0) is 15.5. The van der Waals surface area contributed by atoms with Crippen molar-refractivity contribution in [2.75, 3.05) is 19.6 Å². The molecular formula is C14H29N3O3. The number of hydrogen-bond acceptors (Lipinski definition) is 3. The number of amides is 2. The molecule has 20 heavy (non-hydrogen) atoms. The molecule has 3 N–H and O–H groups in total. The maximum atomic E-state index is 11.8. The van der Waals surface area contributed by atoms with Crippen LogP contribution in [0.15, 0.2) is 0 Å². The van der Waals surface area contributed by atoms with Crippen LogP contribution in [0.3, 0.4) is 0 Å². The summed E-state index contributed by atoms with van der Waals surface area (Å²) in [5.41, 5.74) is 0. The molecule has 0 spiro atoms. The highest BCUT2D eigenvalue weighted by atomic mass is 16.4. The van der Waals surface area contributed by atoms with Gasteiger partial charge < -0.3 is 20.6 Å². The van der Waals surface area contributed by atoms with Gasteiger partial charge in [0.05, 0.1) is 0 Å². The first kappa shape index (κ1) is 18.7. The topological polar surface area (TPSA) is 81.7 Å². The van der Waals surface area contributed by atoms with Crippen molar-refractivity contribution in [3.63, 3.8) is 0 Å². The smallest absolute Gasteiger partial charge is 0.326 e. The molecule has 2 amide bonds. The number of rotatable bonds is 10. The van der Waals surface area contributed by atoms with Gasteiger partial charge in [0.15, 0.2) is 0 Å². The molecule has 0 aliphatic carbocycles. The average Bonchev–Trinajstić information content (AvgIpc) is 2.40. The molecule has 6 nitrogen and oxygen atoms in total. The maximum absolute atomic E-state index is 11.8. The van der Waals surface area contributed by atoms with Crippen molar-refractivity contribution in [1.29, 1.82) is 0 Å². The lowest BCUT2D eigenvalue weighted by atomic mass is 10.1. The minimum atomic E-state index is -0.981. The zero-order valence-electron chi connectivity index (χ0n) is 13.1. The molecule has 0 aliphatic heterocycles. The quantitative estimate of drug-likeness (QED) is 0.571. The number of carboxylic acids is 1. The molecule has 1 unspecified atom stereocenters. The number of nitrogens with zero attached hydrogens (tertiary/aromatic N) is 1. The third-order valence-electron chi connectivity index (χ3n) is 3.25. The maximum Gasteiger partial charge on any atom is 0.326 e. The number of unbranched alkanes of at least 4 members (excludes halogenated alkanes) is 1. The molecule has 0 heterocycles. The second-order valence-corrected chi connectivity index (χ2v) is 5.04. The Hall–Kier alpha value is -1.30. The minimum absolute atomic E-state index is 0.0180. The van der Waals surface area contributed by atoms with Gasteiger partial charge in [-0.05, 0) is 26.4 Å². The molecule has 118 valence electrons. The molecule has 0 radical (unpaired) electrons. The number of likely N-dealkylation sites (N-methyl/N-ethyl adjacent to an activating group) is 1. The van der Waals surface area contributed by atoms with Gasteiger partial charge in [-0.25, -0.2) is 9.59 Å². The van der Waals surface area contributed by atoms with Gasteiger partial charge in [0.2, 0.25) is 0 Å². The van der Waals surface area contributed by atoms with Crippen LogP contribution in [0.5, 0.6) is 0 Å².